The van der Waals surface area contributed by atoms with Crippen LogP contribution < -0.4 is 10.6 Å². The molecule has 2 amide bonds. The number of likely N-dealkylation sites (N-methyl/N-ethyl adjacent to an activating group) is 1. The number of amides is 2. The summed E-state index contributed by atoms with van der Waals surface area (Å²) >= 11 is 0. The second-order valence-corrected chi connectivity index (χ2v) is 1.46. The summed E-state index contributed by atoms with van der Waals surface area (Å²) < 4.78 is 0. The third kappa shape index (κ3) is 2.13. The van der Waals surface area contributed by atoms with Crippen LogP contribution in [-0.2, 0) is 9.59 Å². The average molecular weight is 141 g/mol. The molecule has 0 heterocycles. The van der Waals surface area contributed by atoms with Crippen molar-refractivity contribution in [2.45, 2.75) is 6.04 Å². The summed E-state index contributed by atoms with van der Waals surface area (Å²) in [5, 5.41) is 12.5. The van der Waals surface area contributed by atoms with Gasteiger partial charge in [0.05, 0.1) is 6.07 Å². The first-order chi connectivity index (χ1) is 4.76. The van der Waals surface area contributed by atoms with Crippen LogP contribution in [0.2, 0.25) is 0 Å². The molecule has 0 fully saturated rings. The van der Waals surface area contributed by atoms with Crippen molar-refractivity contribution in [1.82, 2.24) is 10.6 Å². The van der Waals surface area contributed by atoms with Crippen LogP contribution in [0.5, 0.6) is 0 Å². The Kier molecular flexibility index (Phi) is 3.64. The van der Waals surface area contributed by atoms with Gasteiger partial charge in [0, 0.05) is 7.05 Å². The summed E-state index contributed by atoms with van der Waals surface area (Å²) in [6.45, 7) is 0. The van der Waals surface area contributed by atoms with E-state index in [0.717, 1.165) is 0 Å². The summed E-state index contributed by atoms with van der Waals surface area (Å²) in [6.07, 6.45) is 0.309. The van der Waals surface area contributed by atoms with E-state index < -0.39 is 11.9 Å². The normalized spacial score (nSPS) is 10.8. The third-order valence-electron chi connectivity index (χ3n) is 0.872. The van der Waals surface area contributed by atoms with Gasteiger partial charge in [0.1, 0.15) is 0 Å². The van der Waals surface area contributed by atoms with Crippen LogP contribution in [0.25, 0.3) is 0 Å². The molecule has 0 aromatic carbocycles. The highest BCUT2D eigenvalue weighted by atomic mass is 16.2. The van der Waals surface area contributed by atoms with Gasteiger partial charge in [-0.05, 0) is 0 Å². The second kappa shape index (κ2) is 4.32. The molecule has 1 unspecified atom stereocenters. The van der Waals surface area contributed by atoms with Crippen molar-refractivity contribution in [3.05, 3.63) is 0 Å². The zero-order valence-corrected chi connectivity index (χ0v) is 5.42. The van der Waals surface area contributed by atoms with E-state index >= 15 is 0 Å². The molecule has 0 spiro atoms. The Balaban J connectivity index is 3.96. The number of hydrogen-bond acceptors (Lipinski definition) is 3. The van der Waals surface area contributed by atoms with Crippen LogP contribution >= 0.6 is 0 Å². The minimum atomic E-state index is -1.08. The predicted octanol–water partition coefficient (Wildman–Crippen LogP) is -1.63. The number of carbonyl (C=O) groups is 2. The van der Waals surface area contributed by atoms with E-state index in [9.17, 15) is 9.59 Å². The van der Waals surface area contributed by atoms with Crippen LogP contribution in [0.3, 0.4) is 0 Å². The maximum absolute atomic E-state index is 10.6. The summed E-state index contributed by atoms with van der Waals surface area (Å²) in [4.78, 5) is 20.3. The topological polar surface area (TPSA) is 82.0 Å². The molecule has 0 bridgehead atoms. The van der Waals surface area contributed by atoms with Gasteiger partial charge >= 0.3 is 0 Å². The molecule has 0 aliphatic rings. The van der Waals surface area contributed by atoms with Crippen molar-refractivity contribution < 1.29 is 9.59 Å². The molecule has 0 aliphatic carbocycles. The molecular formula is C5H7N3O2. The quantitative estimate of drug-likeness (QED) is 0.463. The number of nitrogens with zero attached hydrogens (tertiary/aromatic N) is 1. The number of nitriles is 1. The van der Waals surface area contributed by atoms with Gasteiger partial charge in [-0.2, -0.15) is 5.26 Å². The zero-order valence-electron chi connectivity index (χ0n) is 5.42. The lowest BCUT2D eigenvalue weighted by Crippen LogP contribution is -2.41. The SMILES string of the molecule is CNC(=O)C(C#N)NC=O. The first kappa shape index (κ1) is 8.43. The van der Waals surface area contributed by atoms with Gasteiger partial charge in [0.15, 0.2) is 6.04 Å². The van der Waals surface area contributed by atoms with Gasteiger partial charge in [0.25, 0.3) is 5.91 Å². The van der Waals surface area contributed by atoms with Crippen molar-refractivity contribution in [1.29, 1.82) is 5.26 Å². The van der Waals surface area contributed by atoms with E-state index in [4.69, 9.17) is 5.26 Å². The minimum absolute atomic E-state index is 0.309. The van der Waals surface area contributed by atoms with Gasteiger partial charge in [-0.3, -0.25) is 9.59 Å². The molecule has 1 atom stereocenters. The van der Waals surface area contributed by atoms with Crippen LogP contribution in [0.4, 0.5) is 0 Å². The van der Waals surface area contributed by atoms with Crippen molar-refractivity contribution in [2.75, 3.05) is 7.05 Å². The molecule has 5 nitrogen and oxygen atoms in total. The average Bonchev–Trinajstić information content (AvgIpc) is 1.99. The molecule has 2 N–H and O–H groups in total. The zero-order chi connectivity index (χ0) is 7.98. The van der Waals surface area contributed by atoms with E-state index in [2.05, 4.69) is 5.32 Å². The number of hydrogen-bond donors (Lipinski definition) is 2. The highest BCUT2D eigenvalue weighted by molar-refractivity contribution is 5.85. The Morgan fingerprint density at radius 3 is 2.70 bits per heavy atom. The van der Waals surface area contributed by atoms with E-state index in [0.29, 0.717) is 6.41 Å². The summed E-state index contributed by atoms with van der Waals surface area (Å²) in [7, 11) is 1.39. The fraction of sp³-hybridized carbons (Fsp3) is 0.400. The Morgan fingerprint density at radius 1 is 1.80 bits per heavy atom. The smallest absolute Gasteiger partial charge is 0.257 e. The lowest BCUT2D eigenvalue weighted by Gasteiger charge is -2.03. The summed E-state index contributed by atoms with van der Waals surface area (Å²) in [6, 6.07) is 0.518. The van der Waals surface area contributed by atoms with Crippen LogP contribution in [0.15, 0.2) is 0 Å². The number of rotatable bonds is 3. The molecule has 5 heteroatoms. The van der Waals surface area contributed by atoms with Crippen LogP contribution in [0.1, 0.15) is 0 Å². The van der Waals surface area contributed by atoms with Crippen molar-refractivity contribution >= 4 is 12.3 Å². The van der Waals surface area contributed by atoms with Crippen LogP contribution in [0, 0.1) is 11.3 Å². The molecular weight excluding hydrogens is 134 g/mol. The predicted molar refractivity (Wildman–Crippen MR) is 32.7 cm³/mol. The molecule has 0 saturated heterocycles. The monoisotopic (exact) mass is 141 g/mol. The molecule has 0 rings (SSSR count). The highest BCUT2D eigenvalue weighted by Gasteiger charge is 2.13. The van der Waals surface area contributed by atoms with E-state index in [1.54, 1.807) is 6.07 Å². The Bertz CT molecular complexity index is 172. The Labute approximate surface area is 58.0 Å². The van der Waals surface area contributed by atoms with E-state index in [1.807, 2.05) is 5.32 Å². The van der Waals surface area contributed by atoms with E-state index in [-0.39, 0.29) is 0 Å². The molecule has 10 heavy (non-hydrogen) atoms. The van der Waals surface area contributed by atoms with Crippen molar-refractivity contribution in [3.63, 3.8) is 0 Å². The standard InChI is InChI=1S/C5H7N3O2/c1-7-5(10)4(2-6)8-3-9/h3-4H,1H3,(H,7,10)(H,8,9). The minimum Gasteiger partial charge on any atom is -0.356 e. The number of nitrogens with one attached hydrogen (secondary N) is 2. The van der Waals surface area contributed by atoms with Gasteiger partial charge in [-0.1, -0.05) is 0 Å². The summed E-state index contributed by atoms with van der Waals surface area (Å²) in [5.74, 6) is -0.519. The largest absolute Gasteiger partial charge is 0.356 e. The Morgan fingerprint density at radius 2 is 2.40 bits per heavy atom. The molecule has 0 saturated carbocycles. The third-order valence-corrected chi connectivity index (χ3v) is 0.872. The lowest BCUT2D eigenvalue weighted by atomic mass is 10.3. The van der Waals surface area contributed by atoms with Gasteiger partial charge in [-0.15, -0.1) is 0 Å². The molecule has 0 aromatic heterocycles. The van der Waals surface area contributed by atoms with Gasteiger partial charge in [-0.25, -0.2) is 0 Å². The maximum Gasteiger partial charge on any atom is 0.257 e. The number of carbonyl (C=O) groups excluding carboxylic acids is 2. The van der Waals surface area contributed by atoms with Crippen molar-refractivity contribution in [2.24, 2.45) is 0 Å². The fourth-order valence-corrected chi connectivity index (χ4v) is 0.384. The maximum atomic E-state index is 10.6. The first-order valence-electron chi connectivity index (χ1n) is 2.57. The lowest BCUT2D eigenvalue weighted by molar-refractivity contribution is -0.123. The first-order valence-corrected chi connectivity index (χ1v) is 2.57. The van der Waals surface area contributed by atoms with Gasteiger partial charge in [0.2, 0.25) is 6.41 Å². The van der Waals surface area contributed by atoms with Crippen LogP contribution in [-0.4, -0.2) is 25.4 Å². The molecule has 54 valence electrons. The second-order valence-electron chi connectivity index (χ2n) is 1.46. The fourth-order valence-electron chi connectivity index (χ4n) is 0.384. The molecule has 0 aliphatic heterocycles. The Hall–Kier alpha value is -1.57. The highest BCUT2D eigenvalue weighted by Crippen LogP contribution is 1.76. The summed E-state index contributed by atoms with van der Waals surface area (Å²) in [5.41, 5.74) is 0. The molecule has 0 radical (unpaired) electrons. The van der Waals surface area contributed by atoms with Gasteiger partial charge < -0.3 is 10.6 Å². The van der Waals surface area contributed by atoms with E-state index in [1.165, 1.54) is 7.05 Å². The molecule has 0 aromatic rings. The van der Waals surface area contributed by atoms with Crippen molar-refractivity contribution in [3.8, 4) is 6.07 Å².